The summed E-state index contributed by atoms with van der Waals surface area (Å²) in [7, 11) is 0. The fourth-order valence-electron chi connectivity index (χ4n) is 8.98. The Bertz CT molecular complexity index is 1070. The van der Waals surface area contributed by atoms with Crippen molar-refractivity contribution in [2.75, 3.05) is 0 Å². The molecule has 4 bridgehead atoms. The van der Waals surface area contributed by atoms with Crippen LogP contribution in [0.1, 0.15) is 53.4 Å². The van der Waals surface area contributed by atoms with Crippen LogP contribution in [0.3, 0.4) is 0 Å². The summed E-state index contributed by atoms with van der Waals surface area (Å²) in [5.41, 5.74) is 0. The van der Waals surface area contributed by atoms with Gasteiger partial charge >= 0.3 is 35.8 Å². The quantitative estimate of drug-likeness (QED) is 0.163. The number of carbonyl (C=O) groups is 6. The minimum atomic E-state index is -2.20. The van der Waals surface area contributed by atoms with Crippen molar-refractivity contribution in [3.8, 4) is 0 Å². The second-order valence-corrected chi connectivity index (χ2v) is 12.6. The molecule has 13 nitrogen and oxygen atoms in total. The van der Waals surface area contributed by atoms with Crippen LogP contribution in [0.2, 0.25) is 0 Å². The Kier molecular flexibility index (Phi) is 19.5. The number of fused-ring (bicyclic) bond motifs is 9. The van der Waals surface area contributed by atoms with Gasteiger partial charge in [-0.15, -0.1) is 0 Å². The number of rotatable bonds is 11. The fraction of sp³-hybridized carbons (Fsp3) is 0.786. The van der Waals surface area contributed by atoms with Gasteiger partial charge in [0.25, 0.3) is 0 Å². The van der Waals surface area contributed by atoms with Gasteiger partial charge in [0.05, 0.1) is 35.5 Å². The number of carboxylic acids is 6. The summed E-state index contributed by atoms with van der Waals surface area (Å²) in [6.07, 6.45) is 4.14. The summed E-state index contributed by atoms with van der Waals surface area (Å²) >= 11 is 0. The Morgan fingerprint density at radius 2 is 0.977 bits per heavy atom. The average molecular weight is 853 g/mol. The normalized spacial score (nSPS) is 31.8. The molecule has 0 aromatic carbocycles. The molecule has 0 amide bonds. The van der Waals surface area contributed by atoms with Crippen molar-refractivity contribution in [3.63, 3.8) is 0 Å². The summed E-state index contributed by atoms with van der Waals surface area (Å²) in [6.45, 7) is 6.20. The van der Waals surface area contributed by atoms with Crippen LogP contribution in [0.25, 0.3) is 0 Å². The molecule has 4 fully saturated rings. The van der Waals surface area contributed by atoms with Crippen molar-refractivity contribution in [2.24, 2.45) is 82.9 Å². The zero-order chi connectivity index (χ0) is 30.4. The van der Waals surface area contributed by atoms with Crippen LogP contribution in [0.4, 0.5) is 0 Å². The minimum Gasteiger partial charge on any atom is -0.481 e. The zero-order valence-electron chi connectivity index (χ0n) is 25.3. The summed E-state index contributed by atoms with van der Waals surface area (Å²) < 4.78 is 0. The van der Waals surface area contributed by atoms with E-state index in [2.05, 4.69) is 0 Å². The molecule has 4 aliphatic carbocycles. The average Bonchev–Trinajstić information content (AvgIpc) is 3.60. The fourth-order valence-corrected chi connectivity index (χ4v) is 8.98. The second kappa shape index (κ2) is 18.6. The van der Waals surface area contributed by atoms with Gasteiger partial charge in [0.15, 0.2) is 0 Å². The van der Waals surface area contributed by atoms with Crippen LogP contribution >= 0.6 is 0 Å². The van der Waals surface area contributed by atoms with Gasteiger partial charge in [-0.3, -0.25) is 28.8 Å². The van der Waals surface area contributed by atoms with Crippen molar-refractivity contribution in [3.05, 3.63) is 0 Å². The van der Waals surface area contributed by atoms with Gasteiger partial charge in [-0.25, -0.2) is 0 Å². The third-order valence-electron chi connectivity index (χ3n) is 10.5. The summed E-state index contributed by atoms with van der Waals surface area (Å²) in [5, 5.41) is 57.4. The SMILES string of the molecule is CC(C(=O)O)C(C(=O)O)C(C(=O)O)C(C(=O)O)C(C(=O)O)C1C(C)C2CC1C1C3CCC(C3)C21.CC(C)C(=O)O.O.[Y].[Y].[Y]. The molecule has 13 atom stereocenters. The van der Waals surface area contributed by atoms with Gasteiger partial charge in [-0.05, 0) is 73.0 Å². The van der Waals surface area contributed by atoms with Crippen LogP contribution in [0.15, 0.2) is 0 Å². The Labute approximate surface area is 331 Å². The molecule has 8 N–H and O–H groups in total. The molecule has 241 valence electrons. The van der Waals surface area contributed by atoms with Crippen molar-refractivity contribution >= 4 is 35.8 Å². The van der Waals surface area contributed by atoms with Gasteiger partial charge in [0.1, 0.15) is 0 Å². The molecule has 0 spiro atoms. The first-order valence-electron chi connectivity index (χ1n) is 13.9. The van der Waals surface area contributed by atoms with Gasteiger partial charge in [-0.1, -0.05) is 27.7 Å². The maximum Gasteiger partial charge on any atom is 0.308 e. The predicted molar refractivity (Wildman–Crippen MR) is 139 cm³/mol. The summed E-state index contributed by atoms with van der Waals surface area (Å²) in [4.78, 5) is 70.6. The Morgan fingerprint density at radius 3 is 1.32 bits per heavy atom. The molecule has 44 heavy (non-hydrogen) atoms. The molecule has 16 heteroatoms. The molecule has 0 saturated heterocycles. The molecule has 3 radical (unpaired) electrons. The minimum absolute atomic E-state index is 0. The van der Waals surface area contributed by atoms with Crippen LogP contribution < -0.4 is 0 Å². The first-order chi connectivity index (χ1) is 18.5. The third kappa shape index (κ3) is 8.95. The molecule has 0 aromatic heterocycles. The van der Waals surface area contributed by atoms with Gasteiger partial charge < -0.3 is 36.1 Å². The van der Waals surface area contributed by atoms with Crippen molar-refractivity contribution in [2.45, 2.75) is 53.4 Å². The topological polar surface area (TPSA) is 255 Å². The van der Waals surface area contributed by atoms with E-state index >= 15 is 0 Å². The van der Waals surface area contributed by atoms with E-state index in [0.29, 0.717) is 23.7 Å². The van der Waals surface area contributed by atoms with E-state index in [1.807, 2.05) is 6.92 Å². The standard InChI is InChI=1S/C24H32O10.C4H8O2.H2O.3Y/c1-7-11-6-12(16-10-4-3-9(5-10)15(11)16)13(7)17(22(29)30)19(24(33)34)18(23(31)32)14(21(27)28)8(2)20(25)26;1-3(2)4(5)6;;;;/h7-19H,3-6H2,1-2H3,(H,25,26)(H,27,28)(H,29,30)(H,31,32)(H,33,34);3H,1-2H3,(H,5,6);1H2;;;. The monoisotopic (exact) mass is 853 g/mol. The Morgan fingerprint density at radius 1 is 0.568 bits per heavy atom. The zero-order valence-corrected chi connectivity index (χ0v) is 33.8. The maximum absolute atomic E-state index is 12.6. The molecular formula is C28H42O13Y3. The van der Waals surface area contributed by atoms with E-state index in [1.54, 1.807) is 13.8 Å². The largest absolute Gasteiger partial charge is 0.481 e. The van der Waals surface area contributed by atoms with Gasteiger partial charge in [0, 0.05) is 98.1 Å². The van der Waals surface area contributed by atoms with E-state index < -0.39 is 71.3 Å². The summed E-state index contributed by atoms with van der Waals surface area (Å²) in [5.74, 6) is -17.7. The van der Waals surface area contributed by atoms with Crippen LogP contribution in [-0.4, -0.2) is 71.9 Å². The predicted octanol–water partition coefficient (Wildman–Crippen LogP) is 1.97. The molecule has 0 heterocycles. The Balaban J connectivity index is 0. The first-order valence-corrected chi connectivity index (χ1v) is 13.9. The maximum atomic E-state index is 12.6. The van der Waals surface area contributed by atoms with E-state index in [-0.39, 0.29) is 127 Å². The third-order valence-corrected chi connectivity index (χ3v) is 10.5. The molecule has 4 saturated carbocycles. The summed E-state index contributed by atoms with van der Waals surface area (Å²) in [6, 6.07) is 0. The molecule has 0 aliphatic heterocycles. The van der Waals surface area contributed by atoms with E-state index in [9.17, 15) is 54.3 Å². The smallest absolute Gasteiger partial charge is 0.308 e. The molecular weight excluding hydrogens is 811 g/mol. The van der Waals surface area contributed by atoms with Crippen molar-refractivity contribution in [1.82, 2.24) is 0 Å². The molecule has 4 aliphatic rings. The number of hydrogen-bond donors (Lipinski definition) is 6. The second-order valence-electron chi connectivity index (χ2n) is 12.6. The van der Waals surface area contributed by atoms with Crippen molar-refractivity contribution in [1.29, 1.82) is 0 Å². The van der Waals surface area contributed by atoms with E-state index in [4.69, 9.17) is 5.11 Å². The molecule has 0 aromatic rings. The van der Waals surface area contributed by atoms with E-state index in [0.717, 1.165) is 26.2 Å². The first kappa shape index (κ1) is 46.2. The van der Waals surface area contributed by atoms with Crippen molar-refractivity contribution < 1.29 is 163 Å². The van der Waals surface area contributed by atoms with Crippen LogP contribution in [-0.2, 0) is 127 Å². The number of aliphatic carboxylic acids is 6. The van der Waals surface area contributed by atoms with Crippen LogP contribution in [0.5, 0.6) is 0 Å². The number of carboxylic acid groups (broad SMARTS) is 6. The Hall–Kier alpha value is 0.0917. The molecule has 13 unspecified atom stereocenters. The van der Waals surface area contributed by atoms with Gasteiger partial charge in [-0.2, -0.15) is 0 Å². The number of hydrogen-bond acceptors (Lipinski definition) is 6. The van der Waals surface area contributed by atoms with E-state index in [1.165, 1.54) is 6.42 Å². The van der Waals surface area contributed by atoms with Crippen LogP contribution in [0, 0.1) is 82.9 Å². The molecule has 4 rings (SSSR count). The van der Waals surface area contributed by atoms with Gasteiger partial charge in [0.2, 0.25) is 0 Å².